The van der Waals surface area contributed by atoms with E-state index in [9.17, 15) is 4.79 Å². The SMILES string of the molecule is C=C1C=Nc2ccc(C)cc2CN(c2ccc(N3CCNCC3)cc2)C(=O)/C=C\1.c1ccsc1. The van der Waals surface area contributed by atoms with Gasteiger partial charge in [-0.3, -0.25) is 9.79 Å². The molecule has 0 spiro atoms. The molecule has 1 saturated heterocycles. The van der Waals surface area contributed by atoms with Gasteiger partial charge in [-0.25, -0.2) is 0 Å². The summed E-state index contributed by atoms with van der Waals surface area (Å²) in [4.78, 5) is 21.7. The molecule has 1 fully saturated rings. The van der Waals surface area contributed by atoms with Crippen molar-refractivity contribution >= 4 is 40.5 Å². The fraction of sp³-hybridized carbons (Fsp3) is 0.214. The highest BCUT2D eigenvalue weighted by Gasteiger charge is 2.18. The normalized spacial score (nSPS) is 17.0. The summed E-state index contributed by atoms with van der Waals surface area (Å²) in [5, 5.41) is 7.46. The van der Waals surface area contributed by atoms with Gasteiger partial charge >= 0.3 is 0 Å². The number of nitrogens with one attached hydrogen (secondary N) is 1. The summed E-state index contributed by atoms with van der Waals surface area (Å²) in [7, 11) is 0. The first kappa shape index (κ1) is 23.7. The predicted octanol–water partition coefficient (Wildman–Crippen LogP) is 5.51. The lowest BCUT2D eigenvalue weighted by Crippen LogP contribution is -2.43. The maximum absolute atomic E-state index is 13.0. The molecule has 6 heteroatoms. The number of anilines is 2. The van der Waals surface area contributed by atoms with Gasteiger partial charge in [-0.05, 0) is 65.2 Å². The van der Waals surface area contributed by atoms with Gasteiger partial charge in [0.1, 0.15) is 0 Å². The Bertz CT molecular complexity index is 1140. The zero-order valence-electron chi connectivity index (χ0n) is 19.5. The van der Waals surface area contributed by atoms with E-state index in [0.717, 1.165) is 48.7 Å². The summed E-state index contributed by atoms with van der Waals surface area (Å²) in [5.41, 5.74) is 5.79. The van der Waals surface area contributed by atoms with E-state index >= 15 is 0 Å². The van der Waals surface area contributed by atoms with E-state index in [1.807, 2.05) is 47.2 Å². The van der Waals surface area contributed by atoms with Gasteiger partial charge in [-0.15, -0.1) is 0 Å². The smallest absolute Gasteiger partial charge is 0.251 e. The third-order valence-corrected chi connectivity index (χ3v) is 6.34. The van der Waals surface area contributed by atoms with Crippen LogP contribution in [0, 0.1) is 6.92 Å². The topological polar surface area (TPSA) is 47.9 Å². The number of piperazine rings is 1. The van der Waals surface area contributed by atoms with Crippen molar-refractivity contribution in [2.45, 2.75) is 13.5 Å². The number of aryl methyl sites for hydroxylation is 1. The van der Waals surface area contributed by atoms with Crippen molar-refractivity contribution in [2.24, 2.45) is 4.99 Å². The minimum absolute atomic E-state index is 0.0659. The second kappa shape index (κ2) is 11.6. The van der Waals surface area contributed by atoms with Crippen molar-refractivity contribution in [3.63, 3.8) is 0 Å². The predicted molar refractivity (Wildman–Crippen MR) is 145 cm³/mol. The van der Waals surface area contributed by atoms with Gasteiger partial charge < -0.3 is 15.1 Å². The van der Waals surface area contributed by atoms with Crippen LogP contribution in [0.2, 0.25) is 0 Å². The number of amides is 1. The Balaban J connectivity index is 0.000000486. The van der Waals surface area contributed by atoms with Crippen LogP contribution in [0.5, 0.6) is 0 Å². The minimum atomic E-state index is -0.0659. The number of carbonyl (C=O) groups excluding carboxylic acids is 1. The molecule has 2 aromatic carbocycles. The minimum Gasteiger partial charge on any atom is -0.369 e. The molecule has 0 bridgehead atoms. The van der Waals surface area contributed by atoms with Gasteiger partial charge in [-0.1, -0.05) is 36.4 Å². The number of benzene rings is 2. The molecule has 0 radical (unpaired) electrons. The molecule has 2 aliphatic rings. The summed E-state index contributed by atoms with van der Waals surface area (Å²) in [5.74, 6) is -0.0659. The molecule has 34 heavy (non-hydrogen) atoms. The summed E-state index contributed by atoms with van der Waals surface area (Å²) in [6, 6.07) is 18.4. The second-order valence-electron chi connectivity index (χ2n) is 8.27. The third-order valence-electron chi connectivity index (χ3n) is 5.71. The fourth-order valence-corrected chi connectivity index (χ4v) is 4.34. The quantitative estimate of drug-likeness (QED) is 0.537. The molecule has 3 aromatic rings. The van der Waals surface area contributed by atoms with E-state index in [0.29, 0.717) is 12.1 Å². The first-order chi connectivity index (χ1) is 16.6. The van der Waals surface area contributed by atoms with Crippen molar-refractivity contribution in [1.29, 1.82) is 0 Å². The first-order valence-corrected chi connectivity index (χ1v) is 12.4. The lowest BCUT2D eigenvalue weighted by atomic mass is 10.1. The van der Waals surface area contributed by atoms with Gasteiger partial charge in [0.05, 0.1) is 12.2 Å². The molecule has 5 nitrogen and oxygen atoms in total. The van der Waals surface area contributed by atoms with Gasteiger partial charge in [0.15, 0.2) is 0 Å². The average molecular weight is 471 g/mol. The molecule has 0 aliphatic carbocycles. The molecular formula is C28H30N4OS. The van der Waals surface area contributed by atoms with E-state index in [2.05, 4.69) is 46.9 Å². The van der Waals surface area contributed by atoms with E-state index in [1.54, 1.807) is 34.6 Å². The van der Waals surface area contributed by atoms with Crippen molar-refractivity contribution < 1.29 is 4.79 Å². The zero-order valence-corrected chi connectivity index (χ0v) is 20.3. The Kier molecular flexibility index (Phi) is 8.07. The molecule has 2 aliphatic heterocycles. The van der Waals surface area contributed by atoms with E-state index < -0.39 is 0 Å². The largest absolute Gasteiger partial charge is 0.369 e. The van der Waals surface area contributed by atoms with Gasteiger partial charge in [0.2, 0.25) is 0 Å². The van der Waals surface area contributed by atoms with E-state index in [-0.39, 0.29) is 5.91 Å². The molecule has 0 atom stereocenters. The summed E-state index contributed by atoms with van der Waals surface area (Å²) in [6.07, 6.45) is 4.99. The molecule has 1 N–H and O–H groups in total. The number of allylic oxidation sites excluding steroid dienone is 2. The lowest BCUT2D eigenvalue weighted by Gasteiger charge is -2.30. The Labute approximate surface area is 205 Å². The maximum atomic E-state index is 13.0. The molecule has 1 aromatic heterocycles. The Morgan fingerprint density at radius 3 is 2.35 bits per heavy atom. The number of hydrogen-bond donors (Lipinski definition) is 1. The number of carbonyl (C=O) groups is 1. The van der Waals surface area contributed by atoms with Crippen LogP contribution in [0.3, 0.4) is 0 Å². The molecule has 1 amide bonds. The highest BCUT2D eigenvalue weighted by Crippen LogP contribution is 2.28. The monoisotopic (exact) mass is 470 g/mol. The van der Waals surface area contributed by atoms with Crippen LogP contribution < -0.4 is 15.1 Å². The molecule has 5 rings (SSSR count). The van der Waals surface area contributed by atoms with E-state index in [4.69, 9.17) is 0 Å². The highest BCUT2D eigenvalue weighted by atomic mass is 32.1. The van der Waals surface area contributed by atoms with Crippen LogP contribution in [-0.4, -0.2) is 38.3 Å². The molecular weight excluding hydrogens is 440 g/mol. The maximum Gasteiger partial charge on any atom is 0.251 e. The van der Waals surface area contributed by atoms with Crippen LogP contribution in [0.15, 0.2) is 94.7 Å². The fourth-order valence-electron chi connectivity index (χ4n) is 3.89. The number of nitrogens with zero attached hydrogens (tertiary/aromatic N) is 3. The Hall–Kier alpha value is -3.48. The number of fused-ring (bicyclic) bond motifs is 1. The number of hydrogen-bond acceptors (Lipinski definition) is 5. The Morgan fingerprint density at radius 2 is 1.68 bits per heavy atom. The second-order valence-corrected chi connectivity index (χ2v) is 9.09. The summed E-state index contributed by atoms with van der Waals surface area (Å²) in [6.45, 7) is 10.5. The van der Waals surface area contributed by atoms with Crippen molar-refractivity contribution in [3.8, 4) is 0 Å². The van der Waals surface area contributed by atoms with Crippen LogP contribution >= 0.6 is 11.3 Å². The summed E-state index contributed by atoms with van der Waals surface area (Å²) >= 11 is 1.71. The average Bonchev–Trinajstić information content (AvgIpc) is 3.46. The number of thiophene rings is 1. The van der Waals surface area contributed by atoms with Crippen LogP contribution in [0.25, 0.3) is 0 Å². The van der Waals surface area contributed by atoms with Gasteiger partial charge in [0.25, 0.3) is 5.91 Å². The molecule has 0 unspecified atom stereocenters. The van der Waals surface area contributed by atoms with Crippen molar-refractivity contribution in [1.82, 2.24) is 5.32 Å². The number of aliphatic imine (C=N–C) groups is 1. The zero-order chi connectivity index (χ0) is 23.8. The molecule has 0 saturated carbocycles. The third kappa shape index (κ3) is 6.31. The first-order valence-electron chi connectivity index (χ1n) is 11.4. The van der Waals surface area contributed by atoms with Gasteiger partial charge in [-0.2, -0.15) is 11.3 Å². The van der Waals surface area contributed by atoms with Crippen LogP contribution in [0.4, 0.5) is 17.1 Å². The van der Waals surface area contributed by atoms with Gasteiger partial charge in [0, 0.05) is 49.8 Å². The Morgan fingerprint density at radius 1 is 0.971 bits per heavy atom. The summed E-state index contributed by atoms with van der Waals surface area (Å²) < 4.78 is 0. The van der Waals surface area contributed by atoms with Crippen LogP contribution in [-0.2, 0) is 11.3 Å². The number of rotatable bonds is 2. The van der Waals surface area contributed by atoms with Crippen molar-refractivity contribution in [2.75, 3.05) is 36.0 Å². The lowest BCUT2D eigenvalue weighted by molar-refractivity contribution is -0.114. The molecule has 174 valence electrons. The van der Waals surface area contributed by atoms with E-state index in [1.165, 1.54) is 5.69 Å². The van der Waals surface area contributed by atoms with Crippen molar-refractivity contribution in [3.05, 3.63) is 101 Å². The molecule has 3 heterocycles. The highest BCUT2D eigenvalue weighted by molar-refractivity contribution is 7.07. The van der Waals surface area contributed by atoms with Crippen LogP contribution in [0.1, 0.15) is 11.1 Å². The standard InChI is InChI=1S/C24H26N4O.C4H4S/c1-18-3-9-23-20(15-18)17-28(24(29)10-4-19(2)16-26-23)22-7-5-21(6-8-22)27-13-11-25-12-14-27;1-2-4-5-3-1/h3-10,15-16,25H,2,11-14,17H2,1H3;1-4H/b10-4-,26-16?;.